The maximum Gasteiger partial charge on any atom is 0.246 e. The molecule has 2 aromatic carbocycles. The first-order chi connectivity index (χ1) is 10.8. The number of carbonyl (C=O) groups excluding carboxylic acids is 1. The van der Waals surface area contributed by atoms with Crippen LogP contribution in [-0.2, 0) is 16.8 Å². The molecule has 0 aliphatic rings. The van der Waals surface area contributed by atoms with E-state index >= 15 is 0 Å². The predicted octanol–water partition coefficient (Wildman–Crippen LogP) is 3.46. The number of benzene rings is 2. The molecule has 122 valence electrons. The Kier molecular flexibility index (Phi) is 5.55. The Balaban J connectivity index is 2.03. The summed E-state index contributed by atoms with van der Waals surface area (Å²) in [6.07, 6.45) is 0.652. The van der Waals surface area contributed by atoms with Crippen molar-refractivity contribution in [1.82, 2.24) is 4.90 Å². The normalized spacial score (nSPS) is 13.4. The Morgan fingerprint density at radius 1 is 1.17 bits per heavy atom. The second-order valence-electron chi connectivity index (χ2n) is 5.81. The molecule has 0 saturated carbocycles. The third kappa shape index (κ3) is 4.39. The lowest BCUT2D eigenvalue weighted by molar-refractivity contribution is -0.135. The molecule has 0 fully saturated rings. The smallest absolute Gasteiger partial charge is 0.246 e. The van der Waals surface area contributed by atoms with Crippen LogP contribution in [0.1, 0.15) is 18.1 Å². The predicted molar refractivity (Wildman–Crippen MR) is 93.4 cm³/mol. The van der Waals surface area contributed by atoms with Crippen molar-refractivity contribution in [3.8, 4) is 0 Å². The van der Waals surface area contributed by atoms with E-state index in [2.05, 4.69) is 15.9 Å². The molecular formula is C18H20BrFN2O. The number of halogens is 2. The van der Waals surface area contributed by atoms with Crippen LogP contribution < -0.4 is 5.73 Å². The van der Waals surface area contributed by atoms with Gasteiger partial charge in [0.1, 0.15) is 11.4 Å². The van der Waals surface area contributed by atoms with Gasteiger partial charge in [-0.25, -0.2) is 4.39 Å². The Morgan fingerprint density at radius 3 is 2.30 bits per heavy atom. The van der Waals surface area contributed by atoms with E-state index in [1.165, 1.54) is 12.1 Å². The number of nitrogens with two attached hydrogens (primary N) is 1. The number of nitrogens with zero attached hydrogens (tertiary/aromatic N) is 1. The maximum absolute atomic E-state index is 12.9. The standard InChI is InChI=1S/C18H20BrFN2O/c1-18(21,14-5-7-15(19)8-6-14)17(23)22(2)12-11-13-3-9-16(20)10-4-13/h3-10H,11-12,21H2,1-2H3. The fraction of sp³-hybridized carbons (Fsp3) is 0.278. The molecule has 2 N–H and O–H groups in total. The summed E-state index contributed by atoms with van der Waals surface area (Å²) >= 11 is 3.37. The SMILES string of the molecule is CN(CCc1ccc(F)cc1)C(=O)C(C)(N)c1ccc(Br)cc1. The van der Waals surface area contributed by atoms with Crippen molar-refractivity contribution in [2.45, 2.75) is 18.9 Å². The van der Waals surface area contributed by atoms with Gasteiger partial charge in [0.25, 0.3) is 0 Å². The Labute approximate surface area is 144 Å². The molecule has 0 bridgehead atoms. The average molecular weight is 379 g/mol. The van der Waals surface area contributed by atoms with Gasteiger partial charge < -0.3 is 10.6 Å². The molecule has 0 aromatic heterocycles. The van der Waals surface area contributed by atoms with E-state index in [9.17, 15) is 9.18 Å². The molecule has 23 heavy (non-hydrogen) atoms. The van der Waals surface area contributed by atoms with Gasteiger partial charge in [0.05, 0.1) is 0 Å². The molecule has 0 heterocycles. The molecule has 3 nitrogen and oxygen atoms in total. The number of amides is 1. The zero-order valence-corrected chi connectivity index (χ0v) is 14.8. The fourth-order valence-corrected chi connectivity index (χ4v) is 2.63. The summed E-state index contributed by atoms with van der Waals surface area (Å²) < 4.78 is 13.8. The van der Waals surface area contributed by atoms with Crippen LogP contribution in [-0.4, -0.2) is 24.4 Å². The van der Waals surface area contributed by atoms with Gasteiger partial charge in [-0.3, -0.25) is 4.79 Å². The number of hydrogen-bond donors (Lipinski definition) is 1. The lowest BCUT2D eigenvalue weighted by Crippen LogP contribution is -2.50. The molecule has 0 aliphatic heterocycles. The Hall–Kier alpha value is -1.72. The maximum atomic E-state index is 12.9. The quantitative estimate of drug-likeness (QED) is 0.865. The summed E-state index contributed by atoms with van der Waals surface area (Å²) in [5, 5.41) is 0. The van der Waals surface area contributed by atoms with Crippen molar-refractivity contribution in [1.29, 1.82) is 0 Å². The largest absolute Gasteiger partial charge is 0.344 e. The number of carbonyl (C=O) groups is 1. The highest BCUT2D eigenvalue weighted by Crippen LogP contribution is 2.22. The van der Waals surface area contributed by atoms with Crippen LogP contribution in [0.3, 0.4) is 0 Å². The minimum absolute atomic E-state index is 0.151. The van der Waals surface area contributed by atoms with E-state index < -0.39 is 5.54 Å². The monoisotopic (exact) mass is 378 g/mol. The first-order valence-corrected chi connectivity index (χ1v) is 8.15. The molecule has 2 aromatic rings. The van der Waals surface area contributed by atoms with Crippen LogP contribution in [0.5, 0.6) is 0 Å². The van der Waals surface area contributed by atoms with E-state index in [1.807, 2.05) is 24.3 Å². The molecule has 0 aliphatic carbocycles. The molecule has 1 amide bonds. The molecule has 5 heteroatoms. The number of hydrogen-bond acceptors (Lipinski definition) is 2. The fourth-order valence-electron chi connectivity index (χ4n) is 2.37. The first kappa shape index (κ1) is 17.6. The van der Waals surface area contributed by atoms with Crippen LogP contribution in [0.25, 0.3) is 0 Å². The summed E-state index contributed by atoms with van der Waals surface area (Å²) in [5.41, 5.74) is 6.92. The van der Waals surface area contributed by atoms with Gasteiger partial charge in [-0.15, -0.1) is 0 Å². The minimum atomic E-state index is -1.09. The van der Waals surface area contributed by atoms with Gasteiger partial charge in [-0.1, -0.05) is 40.2 Å². The third-order valence-electron chi connectivity index (χ3n) is 3.88. The van der Waals surface area contributed by atoms with E-state index in [0.29, 0.717) is 13.0 Å². The van der Waals surface area contributed by atoms with Crippen molar-refractivity contribution >= 4 is 21.8 Å². The van der Waals surface area contributed by atoms with Gasteiger partial charge in [0.2, 0.25) is 5.91 Å². The van der Waals surface area contributed by atoms with Gasteiger partial charge in [0.15, 0.2) is 0 Å². The van der Waals surface area contributed by atoms with Crippen molar-refractivity contribution in [3.63, 3.8) is 0 Å². The van der Waals surface area contributed by atoms with Crippen LogP contribution >= 0.6 is 15.9 Å². The van der Waals surface area contributed by atoms with Gasteiger partial charge in [-0.05, 0) is 48.7 Å². The average Bonchev–Trinajstić information content (AvgIpc) is 2.53. The molecule has 0 saturated heterocycles. The molecular weight excluding hydrogens is 359 g/mol. The van der Waals surface area contributed by atoms with Gasteiger partial charge >= 0.3 is 0 Å². The minimum Gasteiger partial charge on any atom is -0.344 e. The van der Waals surface area contributed by atoms with Crippen molar-refractivity contribution in [2.75, 3.05) is 13.6 Å². The Bertz CT molecular complexity index is 668. The van der Waals surface area contributed by atoms with Gasteiger partial charge in [-0.2, -0.15) is 0 Å². The number of rotatable bonds is 5. The molecule has 1 unspecified atom stereocenters. The van der Waals surface area contributed by atoms with Crippen LogP contribution in [0.15, 0.2) is 53.0 Å². The van der Waals surface area contributed by atoms with Crippen molar-refractivity contribution in [2.24, 2.45) is 5.73 Å². The van der Waals surface area contributed by atoms with E-state index in [1.54, 1.807) is 31.0 Å². The molecule has 2 rings (SSSR count). The lowest BCUT2D eigenvalue weighted by Gasteiger charge is -2.29. The van der Waals surface area contributed by atoms with Crippen LogP contribution in [0, 0.1) is 5.82 Å². The summed E-state index contributed by atoms with van der Waals surface area (Å²) in [5.74, 6) is -0.412. The van der Waals surface area contributed by atoms with Gasteiger partial charge in [0, 0.05) is 18.1 Å². The van der Waals surface area contributed by atoms with Crippen LogP contribution in [0.4, 0.5) is 4.39 Å². The zero-order valence-electron chi connectivity index (χ0n) is 13.2. The molecule has 0 radical (unpaired) electrons. The van der Waals surface area contributed by atoms with Crippen molar-refractivity contribution in [3.05, 3.63) is 69.9 Å². The van der Waals surface area contributed by atoms with E-state index in [-0.39, 0.29) is 11.7 Å². The third-order valence-corrected chi connectivity index (χ3v) is 4.41. The molecule has 0 spiro atoms. The summed E-state index contributed by atoms with van der Waals surface area (Å²) in [6, 6.07) is 13.7. The highest BCUT2D eigenvalue weighted by molar-refractivity contribution is 9.10. The summed E-state index contributed by atoms with van der Waals surface area (Å²) in [6.45, 7) is 2.24. The van der Waals surface area contributed by atoms with Crippen molar-refractivity contribution < 1.29 is 9.18 Å². The summed E-state index contributed by atoms with van der Waals surface area (Å²) in [4.78, 5) is 14.3. The Morgan fingerprint density at radius 2 is 1.74 bits per heavy atom. The molecule has 1 atom stereocenters. The zero-order chi connectivity index (χ0) is 17.0. The highest BCUT2D eigenvalue weighted by Gasteiger charge is 2.32. The second kappa shape index (κ2) is 7.23. The second-order valence-corrected chi connectivity index (χ2v) is 6.73. The topological polar surface area (TPSA) is 46.3 Å². The van der Waals surface area contributed by atoms with E-state index in [0.717, 1.165) is 15.6 Å². The van der Waals surface area contributed by atoms with E-state index in [4.69, 9.17) is 5.73 Å². The summed E-state index contributed by atoms with van der Waals surface area (Å²) in [7, 11) is 1.73. The first-order valence-electron chi connectivity index (χ1n) is 7.35. The highest BCUT2D eigenvalue weighted by atomic mass is 79.9. The number of likely N-dealkylation sites (N-methyl/N-ethyl adjacent to an activating group) is 1. The lowest BCUT2D eigenvalue weighted by atomic mass is 9.91. The van der Waals surface area contributed by atoms with Crippen LogP contribution in [0.2, 0.25) is 0 Å².